The van der Waals surface area contributed by atoms with E-state index in [1.54, 1.807) is 30.1 Å². The molecule has 0 bridgehead atoms. The van der Waals surface area contributed by atoms with E-state index in [2.05, 4.69) is 0 Å². The average molecular weight is 280 g/mol. The zero-order valence-electron chi connectivity index (χ0n) is 12.6. The zero-order valence-corrected chi connectivity index (χ0v) is 12.6. The Morgan fingerprint density at radius 3 is 2.65 bits per heavy atom. The van der Waals surface area contributed by atoms with Crippen molar-refractivity contribution in [2.75, 3.05) is 14.2 Å². The van der Waals surface area contributed by atoms with Crippen molar-refractivity contribution in [2.24, 2.45) is 11.7 Å². The first-order valence-electron chi connectivity index (χ1n) is 6.70. The highest BCUT2D eigenvalue weighted by atomic mass is 16.5. The second kappa shape index (κ2) is 7.14. The quantitative estimate of drug-likeness (QED) is 0.832. The summed E-state index contributed by atoms with van der Waals surface area (Å²) in [6.07, 6.45) is 0.337. The van der Waals surface area contributed by atoms with Crippen molar-refractivity contribution in [1.82, 2.24) is 4.90 Å². The Balaban J connectivity index is 2.66. The van der Waals surface area contributed by atoms with Gasteiger partial charge in [-0.3, -0.25) is 4.79 Å². The first-order chi connectivity index (χ1) is 9.35. The molecule has 1 rings (SSSR count). The molecule has 0 fully saturated rings. The van der Waals surface area contributed by atoms with Gasteiger partial charge in [0, 0.05) is 26.1 Å². The molecule has 1 aromatic rings. The highest BCUT2D eigenvalue weighted by Crippen LogP contribution is 2.26. The molecule has 0 aliphatic carbocycles. The molecule has 0 saturated heterocycles. The number of rotatable bonds is 6. The summed E-state index contributed by atoms with van der Waals surface area (Å²) < 4.78 is 5.05. The number of phenolic OH excluding ortho intramolecular Hbond substituents is 1. The van der Waals surface area contributed by atoms with Crippen LogP contribution in [0.1, 0.15) is 25.8 Å². The largest absolute Gasteiger partial charge is 0.504 e. The topological polar surface area (TPSA) is 75.8 Å². The van der Waals surface area contributed by atoms with E-state index in [0.29, 0.717) is 18.7 Å². The lowest BCUT2D eigenvalue weighted by Gasteiger charge is -2.21. The van der Waals surface area contributed by atoms with Crippen LogP contribution in [0.3, 0.4) is 0 Å². The second-order valence-electron chi connectivity index (χ2n) is 5.37. The van der Waals surface area contributed by atoms with E-state index in [1.165, 1.54) is 7.11 Å². The van der Waals surface area contributed by atoms with Crippen molar-refractivity contribution in [3.05, 3.63) is 23.8 Å². The van der Waals surface area contributed by atoms with Crippen LogP contribution in [0.2, 0.25) is 0 Å². The van der Waals surface area contributed by atoms with Gasteiger partial charge in [0.25, 0.3) is 0 Å². The third kappa shape index (κ3) is 4.42. The molecule has 5 nitrogen and oxygen atoms in total. The van der Waals surface area contributed by atoms with Crippen LogP contribution in [0, 0.1) is 5.92 Å². The summed E-state index contributed by atoms with van der Waals surface area (Å²) >= 11 is 0. The van der Waals surface area contributed by atoms with Gasteiger partial charge in [-0.15, -0.1) is 0 Å². The summed E-state index contributed by atoms with van der Waals surface area (Å²) in [6, 6.07) is 4.93. The SMILES string of the molecule is COc1cc(CN(C)C(=O)CC(N)C(C)C)ccc1O. The Morgan fingerprint density at radius 2 is 2.10 bits per heavy atom. The highest BCUT2D eigenvalue weighted by Gasteiger charge is 2.16. The van der Waals surface area contributed by atoms with E-state index in [9.17, 15) is 9.90 Å². The number of amides is 1. The molecular formula is C15H24N2O3. The molecule has 0 aromatic heterocycles. The predicted molar refractivity (Wildman–Crippen MR) is 78.6 cm³/mol. The van der Waals surface area contributed by atoms with Gasteiger partial charge < -0.3 is 20.5 Å². The first kappa shape index (κ1) is 16.3. The summed E-state index contributed by atoms with van der Waals surface area (Å²) in [5, 5.41) is 9.54. The van der Waals surface area contributed by atoms with Crippen molar-refractivity contribution in [2.45, 2.75) is 32.9 Å². The summed E-state index contributed by atoms with van der Waals surface area (Å²) in [5.74, 6) is 0.786. The third-order valence-electron chi connectivity index (χ3n) is 3.36. The number of nitrogens with zero attached hydrogens (tertiary/aromatic N) is 1. The molecule has 1 amide bonds. The van der Waals surface area contributed by atoms with Crippen molar-refractivity contribution < 1.29 is 14.6 Å². The predicted octanol–water partition coefficient (Wildman–Crippen LogP) is 1.73. The highest BCUT2D eigenvalue weighted by molar-refractivity contribution is 5.76. The molecule has 0 heterocycles. The normalized spacial score (nSPS) is 12.3. The number of hydrogen-bond acceptors (Lipinski definition) is 4. The third-order valence-corrected chi connectivity index (χ3v) is 3.36. The molecule has 0 spiro atoms. The molecule has 1 aromatic carbocycles. The Labute approximate surface area is 120 Å². The molecule has 1 unspecified atom stereocenters. The van der Waals surface area contributed by atoms with Gasteiger partial charge in [-0.25, -0.2) is 0 Å². The number of ether oxygens (including phenoxy) is 1. The van der Waals surface area contributed by atoms with Gasteiger partial charge in [0.1, 0.15) is 0 Å². The number of aromatic hydroxyl groups is 1. The van der Waals surface area contributed by atoms with Gasteiger partial charge in [0.2, 0.25) is 5.91 Å². The minimum Gasteiger partial charge on any atom is -0.504 e. The number of benzene rings is 1. The summed E-state index contributed by atoms with van der Waals surface area (Å²) in [4.78, 5) is 13.7. The van der Waals surface area contributed by atoms with Crippen molar-refractivity contribution in [3.8, 4) is 11.5 Å². The summed E-state index contributed by atoms with van der Waals surface area (Å²) in [7, 11) is 3.24. The molecule has 3 N–H and O–H groups in total. The van der Waals surface area contributed by atoms with Crippen molar-refractivity contribution >= 4 is 5.91 Å². The maximum absolute atomic E-state index is 12.0. The molecule has 0 saturated carbocycles. The van der Waals surface area contributed by atoms with E-state index in [1.807, 2.05) is 13.8 Å². The maximum atomic E-state index is 12.0. The Kier molecular flexibility index (Phi) is 5.82. The molecule has 5 heteroatoms. The van der Waals surface area contributed by atoms with Crippen molar-refractivity contribution in [1.29, 1.82) is 0 Å². The molecule has 0 aliphatic rings. The number of carbonyl (C=O) groups is 1. The van der Waals surface area contributed by atoms with E-state index >= 15 is 0 Å². The minimum absolute atomic E-state index is 0.0123. The van der Waals surface area contributed by atoms with Crippen LogP contribution in [0.25, 0.3) is 0 Å². The zero-order chi connectivity index (χ0) is 15.3. The Bertz CT molecular complexity index is 460. The second-order valence-corrected chi connectivity index (χ2v) is 5.37. The van der Waals surface area contributed by atoms with Crippen LogP contribution in [0.5, 0.6) is 11.5 Å². The van der Waals surface area contributed by atoms with Crippen LogP contribution in [-0.2, 0) is 11.3 Å². The van der Waals surface area contributed by atoms with Gasteiger partial charge >= 0.3 is 0 Å². The number of carbonyl (C=O) groups excluding carboxylic acids is 1. The van der Waals surface area contributed by atoms with Gasteiger partial charge in [0.15, 0.2) is 11.5 Å². The van der Waals surface area contributed by atoms with Crippen LogP contribution in [0.4, 0.5) is 0 Å². The fraction of sp³-hybridized carbons (Fsp3) is 0.533. The standard InChI is InChI=1S/C15H24N2O3/c1-10(2)12(16)8-15(19)17(3)9-11-5-6-13(18)14(7-11)20-4/h5-7,10,12,18H,8-9,16H2,1-4H3. The van der Waals surface area contributed by atoms with Crippen LogP contribution in [0.15, 0.2) is 18.2 Å². The Morgan fingerprint density at radius 1 is 1.45 bits per heavy atom. The van der Waals surface area contributed by atoms with Gasteiger partial charge in [0.05, 0.1) is 7.11 Å². The Hall–Kier alpha value is -1.75. The van der Waals surface area contributed by atoms with E-state index in [-0.39, 0.29) is 23.6 Å². The average Bonchev–Trinajstić information content (AvgIpc) is 2.40. The van der Waals surface area contributed by atoms with Gasteiger partial charge in [-0.05, 0) is 23.6 Å². The van der Waals surface area contributed by atoms with Crippen LogP contribution < -0.4 is 10.5 Å². The lowest BCUT2D eigenvalue weighted by Crippen LogP contribution is -2.35. The molecule has 20 heavy (non-hydrogen) atoms. The van der Waals surface area contributed by atoms with E-state index in [0.717, 1.165) is 5.56 Å². The monoisotopic (exact) mass is 280 g/mol. The van der Waals surface area contributed by atoms with Gasteiger partial charge in [-0.2, -0.15) is 0 Å². The molecule has 1 atom stereocenters. The number of methoxy groups -OCH3 is 1. The van der Waals surface area contributed by atoms with Crippen molar-refractivity contribution in [3.63, 3.8) is 0 Å². The molecular weight excluding hydrogens is 256 g/mol. The van der Waals surface area contributed by atoms with E-state index < -0.39 is 0 Å². The number of phenols is 1. The molecule has 0 aliphatic heterocycles. The lowest BCUT2D eigenvalue weighted by molar-refractivity contribution is -0.131. The van der Waals surface area contributed by atoms with Gasteiger partial charge in [-0.1, -0.05) is 19.9 Å². The van der Waals surface area contributed by atoms with Crippen LogP contribution >= 0.6 is 0 Å². The fourth-order valence-corrected chi connectivity index (χ4v) is 1.78. The molecule has 112 valence electrons. The first-order valence-corrected chi connectivity index (χ1v) is 6.70. The fourth-order valence-electron chi connectivity index (χ4n) is 1.78. The minimum atomic E-state index is -0.126. The number of hydrogen-bond donors (Lipinski definition) is 2. The maximum Gasteiger partial charge on any atom is 0.224 e. The number of nitrogens with two attached hydrogens (primary N) is 1. The molecule has 0 radical (unpaired) electrons. The summed E-state index contributed by atoms with van der Waals surface area (Å²) in [6.45, 7) is 4.46. The lowest BCUT2D eigenvalue weighted by atomic mass is 10.0. The summed E-state index contributed by atoms with van der Waals surface area (Å²) in [5.41, 5.74) is 6.81. The smallest absolute Gasteiger partial charge is 0.224 e. The van der Waals surface area contributed by atoms with Crippen LogP contribution in [-0.4, -0.2) is 36.1 Å². The van der Waals surface area contributed by atoms with E-state index in [4.69, 9.17) is 10.5 Å².